The second-order valence-corrected chi connectivity index (χ2v) is 11.3. The van der Waals surface area contributed by atoms with E-state index in [4.69, 9.17) is 14.2 Å². The summed E-state index contributed by atoms with van der Waals surface area (Å²) in [4.78, 5) is 0. The number of hydrogen-bond donors (Lipinski definition) is 0. The third-order valence-electron chi connectivity index (χ3n) is 4.68. The molecule has 3 rings (SSSR count). The van der Waals surface area contributed by atoms with Crippen LogP contribution >= 0.6 is 11.8 Å². The fraction of sp³-hybridized carbons (Fsp3) is 0.857. The van der Waals surface area contributed by atoms with Gasteiger partial charge in [0.05, 0.1) is 32.0 Å². The smallest absolute Gasteiger partial charge is 0.104 e. The van der Waals surface area contributed by atoms with Crippen LogP contribution < -0.4 is 0 Å². The normalized spacial score (nSPS) is 21.6. The summed E-state index contributed by atoms with van der Waals surface area (Å²) in [7, 11) is 0. The van der Waals surface area contributed by atoms with Gasteiger partial charge in [-0.05, 0) is 44.4 Å². The maximum Gasteiger partial charge on any atom is 0.104 e. The summed E-state index contributed by atoms with van der Waals surface area (Å²) >= 11 is 2.08. The number of ether oxygens (including phenoxy) is 3. The molecule has 3 unspecified atom stereocenters. The molecule has 3 aliphatic heterocycles. The number of allylic oxidation sites excluding steroid dienone is 2. The molecule has 0 aromatic rings. The average Bonchev–Trinajstić information content (AvgIpc) is 3.50. The zero-order valence-electron chi connectivity index (χ0n) is 22.6. The molecule has 3 fully saturated rings. The SMILES string of the molecule is C.C=C(C)C(C)C.C=CC(C)C.CC(C)C1CO1.CC(C)C1CS1.CC(C)OCC1CO1. The molecule has 0 N–H and O–H groups in total. The van der Waals surface area contributed by atoms with Crippen LogP contribution in [0, 0.1) is 23.7 Å². The van der Waals surface area contributed by atoms with E-state index in [1.165, 1.54) is 11.3 Å². The van der Waals surface area contributed by atoms with E-state index in [1.54, 1.807) is 0 Å². The first kappa shape index (κ1) is 36.3. The molecule has 0 amide bonds. The molecule has 0 aromatic heterocycles. The summed E-state index contributed by atoms with van der Waals surface area (Å²) in [6.45, 7) is 33.5. The van der Waals surface area contributed by atoms with Crippen molar-refractivity contribution < 1.29 is 14.2 Å². The Bertz CT molecular complexity index is 414. The quantitative estimate of drug-likeness (QED) is 0.274. The Morgan fingerprint density at radius 2 is 1.38 bits per heavy atom. The van der Waals surface area contributed by atoms with E-state index in [0.29, 0.717) is 30.1 Å². The summed E-state index contributed by atoms with van der Waals surface area (Å²) in [6.07, 6.45) is 3.28. The Morgan fingerprint density at radius 3 is 1.47 bits per heavy atom. The molecular formula is C28H58O3S. The molecule has 0 aliphatic carbocycles. The third kappa shape index (κ3) is 31.9. The van der Waals surface area contributed by atoms with Gasteiger partial charge < -0.3 is 14.2 Å². The van der Waals surface area contributed by atoms with Crippen LogP contribution in [0.1, 0.15) is 83.6 Å². The molecular weight excluding hydrogens is 416 g/mol. The Labute approximate surface area is 207 Å². The molecule has 0 saturated carbocycles. The summed E-state index contributed by atoms with van der Waals surface area (Å²) in [5.74, 6) is 4.39. The van der Waals surface area contributed by atoms with Crippen molar-refractivity contribution in [2.24, 2.45) is 23.7 Å². The van der Waals surface area contributed by atoms with Gasteiger partial charge in [0.1, 0.15) is 6.10 Å². The van der Waals surface area contributed by atoms with E-state index in [-0.39, 0.29) is 7.43 Å². The highest BCUT2D eigenvalue weighted by Crippen LogP contribution is 2.35. The van der Waals surface area contributed by atoms with Crippen LogP contribution in [0.4, 0.5) is 0 Å². The van der Waals surface area contributed by atoms with Gasteiger partial charge in [-0.2, -0.15) is 11.8 Å². The van der Waals surface area contributed by atoms with Gasteiger partial charge in [-0.25, -0.2) is 0 Å². The van der Waals surface area contributed by atoms with Gasteiger partial charge >= 0.3 is 0 Å². The van der Waals surface area contributed by atoms with Gasteiger partial charge in [-0.1, -0.05) is 81.0 Å². The highest BCUT2D eigenvalue weighted by atomic mass is 32.2. The highest BCUT2D eigenvalue weighted by Gasteiger charge is 2.25. The largest absolute Gasteiger partial charge is 0.376 e. The van der Waals surface area contributed by atoms with E-state index >= 15 is 0 Å². The standard InChI is InChI=1S/C6H12O2.C6H12.C5H10O.C5H10S.C5H10.CH4/c1-5(2)7-3-6-4-8-6;1-5(2)6(3)4;2*1-4(2)5-3-6-5;1-4-5(2)3;/h5-6H,3-4H2,1-2H3;6H,1H2,2-4H3;2*4-5H,3H2,1-2H3;4-5H,1H2,2-3H3;1H4. The maximum atomic E-state index is 5.24. The van der Waals surface area contributed by atoms with Crippen LogP contribution in [-0.2, 0) is 14.2 Å². The Kier molecular flexibility index (Phi) is 24.1. The molecule has 3 heterocycles. The predicted octanol–water partition coefficient (Wildman–Crippen LogP) is 8.29. The predicted molar refractivity (Wildman–Crippen MR) is 148 cm³/mol. The van der Waals surface area contributed by atoms with Crippen molar-refractivity contribution in [2.75, 3.05) is 25.6 Å². The molecule has 0 bridgehead atoms. The van der Waals surface area contributed by atoms with Crippen LogP contribution in [0.5, 0.6) is 0 Å². The summed E-state index contributed by atoms with van der Waals surface area (Å²) in [6, 6.07) is 0. The van der Waals surface area contributed by atoms with Gasteiger partial charge in [-0.3, -0.25) is 0 Å². The van der Waals surface area contributed by atoms with E-state index in [9.17, 15) is 0 Å². The second kappa shape index (κ2) is 21.3. The van der Waals surface area contributed by atoms with E-state index in [1.807, 2.05) is 26.8 Å². The van der Waals surface area contributed by atoms with Gasteiger partial charge in [-0.15, -0.1) is 6.58 Å². The summed E-state index contributed by atoms with van der Waals surface area (Å²) in [5.41, 5.74) is 1.26. The number of epoxide rings is 2. The minimum Gasteiger partial charge on any atom is -0.376 e. The van der Waals surface area contributed by atoms with Crippen LogP contribution in [0.25, 0.3) is 0 Å². The van der Waals surface area contributed by atoms with E-state index in [0.717, 1.165) is 36.9 Å². The van der Waals surface area contributed by atoms with Crippen LogP contribution in [0.15, 0.2) is 24.8 Å². The number of hydrogen-bond acceptors (Lipinski definition) is 4. The first-order valence-corrected chi connectivity index (χ1v) is 13.1. The molecule has 3 atom stereocenters. The van der Waals surface area contributed by atoms with Gasteiger partial charge in [0.15, 0.2) is 0 Å². The lowest BCUT2D eigenvalue weighted by Gasteiger charge is -2.02. The number of thioether (sulfide) groups is 1. The van der Waals surface area contributed by atoms with Crippen molar-refractivity contribution in [2.45, 2.75) is 107 Å². The molecule has 0 aromatic carbocycles. The fourth-order valence-corrected chi connectivity index (χ4v) is 2.23. The minimum atomic E-state index is 0. The molecule has 32 heavy (non-hydrogen) atoms. The van der Waals surface area contributed by atoms with E-state index in [2.05, 4.69) is 80.3 Å². The lowest BCUT2D eigenvalue weighted by atomic mass is 10.1. The third-order valence-corrected chi connectivity index (χ3v) is 5.94. The topological polar surface area (TPSA) is 34.3 Å². The average molecular weight is 475 g/mol. The van der Waals surface area contributed by atoms with Crippen molar-refractivity contribution >= 4 is 11.8 Å². The zero-order valence-corrected chi connectivity index (χ0v) is 23.4. The molecule has 4 heteroatoms. The van der Waals surface area contributed by atoms with Crippen molar-refractivity contribution in [3.05, 3.63) is 24.8 Å². The number of rotatable bonds is 7. The Hall–Kier alpha value is -0.290. The first-order chi connectivity index (χ1) is 14.3. The van der Waals surface area contributed by atoms with Gasteiger partial charge in [0.2, 0.25) is 0 Å². The summed E-state index contributed by atoms with van der Waals surface area (Å²) in [5, 5.41) is 1.02. The monoisotopic (exact) mass is 474 g/mol. The Balaban J connectivity index is -0.000000329. The van der Waals surface area contributed by atoms with Crippen molar-refractivity contribution in [1.29, 1.82) is 0 Å². The maximum absolute atomic E-state index is 5.24. The first-order valence-electron chi connectivity index (χ1n) is 12.1. The van der Waals surface area contributed by atoms with E-state index < -0.39 is 0 Å². The molecule has 3 aliphatic rings. The van der Waals surface area contributed by atoms with Crippen LogP contribution in [0.2, 0.25) is 0 Å². The van der Waals surface area contributed by atoms with Crippen LogP contribution in [0.3, 0.4) is 0 Å². The van der Waals surface area contributed by atoms with Crippen molar-refractivity contribution in [3.63, 3.8) is 0 Å². The van der Waals surface area contributed by atoms with Crippen LogP contribution in [-0.4, -0.2) is 49.1 Å². The lowest BCUT2D eigenvalue weighted by Crippen LogP contribution is -2.07. The van der Waals surface area contributed by atoms with Gasteiger partial charge in [0.25, 0.3) is 0 Å². The Morgan fingerprint density at radius 1 is 0.969 bits per heavy atom. The fourth-order valence-electron chi connectivity index (χ4n) is 1.34. The molecule has 0 spiro atoms. The second-order valence-electron chi connectivity index (χ2n) is 10.0. The van der Waals surface area contributed by atoms with Gasteiger partial charge in [0, 0.05) is 11.0 Å². The molecule has 0 radical (unpaired) electrons. The zero-order chi connectivity index (χ0) is 24.6. The summed E-state index contributed by atoms with van der Waals surface area (Å²) < 4.78 is 15.1. The molecule has 194 valence electrons. The minimum absolute atomic E-state index is 0. The molecule has 3 nitrogen and oxygen atoms in total. The molecule has 3 saturated heterocycles. The lowest BCUT2D eigenvalue weighted by molar-refractivity contribution is 0.0662. The van der Waals surface area contributed by atoms with Crippen molar-refractivity contribution in [1.82, 2.24) is 0 Å². The highest BCUT2D eigenvalue weighted by molar-refractivity contribution is 8.06. The van der Waals surface area contributed by atoms with Crippen molar-refractivity contribution in [3.8, 4) is 0 Å².